The summed E-state index contributed by atoms with van der Waals surface area (Å²) in [5.41, 5.74) is 6.02. The second-order valence-electron chi connectivity index (χ2n) is 9.81. The molecular formula is C26H41ClN4O4. The Labute approximate surface area is 214 Å². The molecule has 4 N–H and O–H groups in total. The van der Waals surface area contributed by atoms with Crippen LogP contribution in [0, 0.1) is 11.8 Å². The Kier molecular flexibility index (Phi) is 11.4. The lowest BCUT2D eigenvalue weighted by Gasteiger charge is -2.38. The number of piperidine rings is 1. The van der Waals surface area contributed by atoms with Gasteiger partial charge in [0, 0.05) is 36.6 Å². The number of hydrogen-bond acceptors (Lipinski definition) is 5. The van der Waals surface area contributed by atoms with Gasteiger partial charge in [-0.25, -0.2) is 9.59 Å². The van der Waals surface area contributed by atoms with E-state index >= 15 is 0 Å². The summed E-state index contributed by atoms with van der Waals surface area (Å²) in [6, 6.07) is 7.72. The van der Waals surface area contributed by atoms with Crippen molar-refractivity contribution in [3.63, 3.8) is 0 Å². The highest BCUT2D eigenvalue weighted by atomic mass is 35.5. The number of carbonyl (C=O) groups is 2. The summed E-state index contributed by atoms with van der Waals surface area (Å²) in [6.07, 6.45) is 8.23. The van der Waals surface area contributed by atoms with Crippen molar-refractivity contribution in [3.05, 3.63) is 34.9 Å². The zero-order chi connectivity index (χ0) is 25.0. The Bertz CT molecular complexity index is 805. The van der Waals surface area contributed by atoms with Crippen molar-refractivity contribution in [1.29, 1.82) is 0 Å². The molecule has 1 aromatic rings. The maximum absolute atomic E-state index is 13.3. The molecule has 3 atom stereocenters. The zero-order valence-corrected chi connectivity index (χ0v) is 21.6. The Balaban J connectivity index is 1.62. The summed E-state index contributed by atoms with van der Waals surface area (Å²) in [5.74, 6) is 0.794. The first-order chi connectivity index (χ1) is 17.0. The van der Waals surface area contributed by atoms with Crippen molar-refractivity contribution in [3.8, 4) is 0 Å². The Hall–Kier alpha value is -2.03. The molecule has 1 saturated carbocycles. The maximum atomic E-state index is 13.3. The number of benzene rings is 1. The number of rotatable bonds is 11. The molecule has 1 heterocycles. The van der Waals surface area contributed by atoms with Crippen LogP contribution in [0.3, 0.4) is 0 Å². The van der Waals surface area contributed by atoms with Gasteiger partial charge in [-0.15, -0.1) is 0 Å². The molecule has 196 valence electrons. The van der Waals surface area contributed by atoms with Crippen molar-refractivity contribution in [2.75, 3.05) is 39.9 Å². The smallest absolute Gasteiger partial charge is 0.404 e. The Morgan fingerprint density at radius 1 is 1.17 bits per heavy atom. The van der Waals surface area contributed by atoms with E-state index < -0.39 is 6.09 Å². The quantitative estimate of drug-likeness (QED) is 0.382. The molecule has 1 aliphatic carbocycles. The summed E-state index contributed by atoms with van der Waals surface area (Å²) in [6.45, 7) is 2.39. The molecule has 35 heavy (non-hydrogen) atoms. The largest absolute Gasteiger partial charge is 0.447 e. The van der Waals surface area contributed by atoms with Gasteiger partial charge in [0.05, 0.1) is 12.7 Å². The van der Waals surface area contributed by atoms with Crippen LogP contribution < -0.4 is 16.4 Å². The number of amides is 3. The third-order valence-electron chi connectivity index (χ3n) is 7.10. The van der Waals surface area contributed by atoms with Gasteiger partial charge in [0.2, 0.25) is 0 Å². The lowest BCUT2D eigenvalue weighted by molar-refractivity contribution is -0.0257. The molecular weight excluding hydrogens is 468 g/mol. The molecule has 0 spiro atoms. The van der Waals surface area contributed by atoms with E-state index in [1.54, 1.807) is 0 Å². The van der Waals surface area contributed by atoms with Gasteiger partial charge in [-0.2, -0.15) is 0 Å². The number of primary amides is 1. The molecule has 2 aliphatic rings. The van der Waals surface area contributed by atoms with Crippen LogP contribution in [0.5, 0.6) is 0 Å². The fraction of sp³-hybridized carbons (Fsp3) is 0.692. The van der Waals surface area contributed by atoms with Gasteiger partial charge in [-0.05, 0) is 49.9 Å². The SMILES string of the molecule is CNC[C@H](CC1CCCCC1)NC(=O)N1CCC[C@@H]([C@@H](OCCOC(N)=O)c2cccc(Cl)c2)C1. The molecule has 3 rings (SSSR count). The summed E-state index contributed by atoms with van der Waals surface area (Å²) in [5, 5.41) is 7.18. The summed E-state index contributed by atoms with van der Waals surface area (Å²) >= 11 is 6.25. The van der Waals surface area contributed by atoms with E-state index in [0.29, 0.717) is 17.5 Å². The van der Waals surface area contributed by atoms with Crippen LogP contribution in [0.2, 0.25) is 5.02 Å². The van der Waals surface area contributed by atoms with E-state index in [1.165, 1.54) is 32.1 Å². The van der Waals surface area contributed by atoms with E-state index in [-0.39, 0.29) is 37.3 Å². The highest BCUT2D eigenvalue weighted by Crippen LogP contribution is 2.34. The van der Waals surface area contributed by atoms with Crippen LogP contribution in [0.25, 0.3) is 0 Å². The van der Waals surface area contributed by atoms with Gasteiger partial charge in [0.1, 0.15) is 6.61 Å². The van der Waals surface area contributed by atoms with Crippen LogP contribution in [-0.2, 0) is 9.47 Å². The van der Waals surface area contributed by atoms with Crippen LogP contribution in [0.4, 0.5) is 9.59 Å². The fourth-order valence-electron chi connectivity index (χ4n) is 5.48. The van der Waals surface area contributed by atoms with E-state index in [9.17, 15) is 9.59 Å². The van der Waals surface area contributed by atoms with Gasteiger partial charge < -0.3 is 30.7 Å². The number of halogens is 1. The minimum atomic E-state index is -0.822. The van der Waals surface area contributed by atoms with E-state index in [1.807, 2.05) is 36.2 Å². The van der Waals surface area contributed by atoms with Gasteiger partial charge in [0.25, 0.3) is 0 Å². The predicted octanol–water partition coefficient (Wildman–Crippen LogP) is 4.47. The molecule has 0 radical (unpaired) electrons. The minimum Gasteiger partial charge on any atom is -0.447 e. The number of nitrogens with one attached hydrogen (secondary N) is 2. The zero-order valence-electron chi connectivity index (χ0n) is 20.8. The number of urea groups is 1. The van der Waals surface area contributed by atoms with Crippen molar-refractivity contribution in [1.82, 2.24) is 15.5 Å². The average molecular weight is 509 g/mol. The Morgan fingerprint density at radius 2 is 1.97 bits per heavy atom. The maximum Gasteiger partial charge on any atom is 0.404 e. The van der Waals surface area contributed by atoms with E-state index in [4.69, 9.17) is 26.8 Å². The summed E-state index contributed by atoms with van der Waals surface area (Å²) in [7, 11) is 1.94. The number of nitrogens with two attached hydrogens (primary N) is 1. The number of hydrogen-bond donors (Lipinski definition) is 3. The van der Waals surface area contributed by atoms with Crippen molar-refractivity contribution in [2.24, 2.45) is 17.6 Å². The lowest BCUT2D eigenvalue weighted by atomic mass is 9.85. The molecule has 2 fully saturated rings. The number of nitrogens with zero attached hydrogens (tertiary/aromatic N) is 1. The Morgan fingerprint density at radius 3 is 2.69 bits per heavy atom. The normalized spacial score (nSPS) is 20.7. The van der Waals surface area contributed by atoms with E-state index in [2.05, 4.69) is 10.6 Å². The number of likely N-dealkylation sites (N-methyl/N-ethyl adjacent to an activating group) is 1. The second-order valence-corrected chi connectivity index (χ2v) is 10.2. The third-order valence-corrected chi connectivity index (χ3v) is 7.33. The summed E-state index contributed by atoms with van der Waals surface area (Å²) in [4.78, 5) is 26.1. The molecule has 0 aromatic heterocycles. The second kappa shape index (κ2) is 14.5. The van der Waals surface area contributed by atoms with Crippen molar-refractivity contribution < 1.29 is 19.1 Å². The predicted molar refractivity (Wildman–Crippen MR) is 137 cm³/mol. The van der Waals surface area contributed by atoms with Crippen molar-refractivity contribution in [2.45, 2.75) is 63.5 Å². The molecule has 0 bridgehead atoms. The van der Waals surface area contributed by atoms with Crippen LogP contribution in [0.1, 0.15) is 63.0 Å². The van der Waals surface area contributed by atoms with E-state index in [0.717, 1.165) is 37.9 Å². The lowest BCUT2D eigenvalue weighted by Crippen LogP contribution is -2.52. The van der Waals surface area contributed by atoms with Gasteiger partial charge >= 0.3 is 12.1 Å². The van der Waals surface area contributed by atoms with Gasteiger partial charge in [0.15, 0.2) is 0 Å². The van der Waals surface area contributed by atoms with Crippen LogP contribution >= 0.6 is 11.6 Å². The van der Waals surface area contributed by atoms with Gasteiger partial charge in [-0.1, -0.05) is 55.8 Å². The first kappa shape index (κ1) is 27.6. The molecule has 0 unspecified atom stereocenters. The summed E-state index contributed by atoms with van der Waals surface area (Å²) < 4.78 is 11.0. The highest BCUT2D eigenvalue weighted by molar-refractivity contribution is 6.30. The number of ether oxygens (including phenoxy) is 2. The first-order valence-electron chi connectivity index (χ1n) is 13.0. The van der Waals surface area contributed by atoms with Crippen LogP contribution in [-0.4, -0.2) is 63.0 Å². The molecule has 3 amide bonds. The van der Waals surface area contributed by atoms with Crippen molar-refractivity contribution >= 4 is 23.7 Å². The third kappa shape index (κ3) is 9.17. The average Bonchev–Trinajstić information content (AvgIpc) is 2.84. The fourth-order valence-corrected chi connectivity index (χ4v) is 5.68. The number of likely N-dealkylation sites (tertiary alicyclic amines) is 1. The molecule has 9 heteroatoms. The highest BCUT2D eigenvalue weighted by Gasteiger charge is 2.32. The molecule has 1 saturated heterocycles. The molecule has 1 aliphatic heterocycles. The van der Waals surface area contributed by atoms with Gasteiger partial charge in [-0.3, -0.25) is 0 Å². The standard InChI is InChI=1S/C26H41ClN4O4/c1-29-17-23(15-19-7-3-2-4-8-19)30-26(33)31-12-6-10-21(18-31)24(34-13-14-35-25(28)32)20-9-5-11-22(27)16-20/h5,9,11,16,19,21,23-24,29H,2-4,6-8,10,12-15,17-18H2,1H3,(H2,28,32)(H,30,33)/t21-,23+,24+/m1/s1. The molecule has 1 aromatic carbocycles. The first-order valence-corrected chi connectivity index (χ1v) is 13.3. The molecule has 8 nitrogen and oxygen atoms in total. The topological polar surface area (TPSA) is 106 Å². The van der Waals surface area contributed by atoms with Crippen LogP contribution in [0.15, 0.2) is 24.3 Å². The monoisotopic (exact) mass is 508 g/mol. The minimum absolute atomic E-state index is 0.00679. The number of carbonyl (C=O) groups excluding carboxylic acids is 2.